The lowest BCUT2D eigenvalue weighted by molar-refractivity contribution is -0.114. The highest BCUT2D eigenvalue weighted by Gasteiger charge is 2.12. The number of anilines is 1. The molecule has 178 valence electrons. The molecule has 0 fully saturated rings. The molecule has 0 aliphatic heterocycles. The molecule has 0 atom stereocenters. The first-order chi connectivity index (χ1) is 16.0. The van der Waals surface area contributed by atoms with Crippen molar-refractivity contribution in [2.24, 2.45) is 0 Å². The number of hydrogen-bond donors (Lipinski definition) is 1. The van der Waals surface area contributed by atoms with Crippen LogP contribution in [0.15, 0.2) is 66.7 Å². The standard InChI is InChI=1S/C11H14O.C9H9NO2.C7H4F2O/c1-11(2,3)10-6-4-9(8-12)5-7-10;1-7(12)10-9-4-2-8(6-11)3-5-9;8-6-3-1-2-5(4-10)7(6)9/h4-8H,1-3H3;2-6H,1H3,(H,10,12);1-4H. The zero-order valence-electron chi connectivity index (χ0n) is 19.5. The molecule has 0 bridgehead atoms. The van der Waals surface area contributed by atoms with Gasteiger partial charge < -0.3 is 5.32 Å². The number of halogens is 2. The van der Waals surface area contributed by atoms with Crippen LogP contribution in [0.25, 0.3) is 0 Å². The molecule has 3 aromatic rings. The maximum atomic E-state index is 12.4. The summed E-state index contributed by atoms with van der Waals surface area (Å²) >= 11 is 0. The molecule has 0 radical (unpaired) electrons. The van der Waals surface area contributed by atoms with Crippen LogP contribution in [-0.2, 0) is 10.2 Å². The summed E-state index contributed by atoms with van der Waals surface area (Å²) in [5.41, 5.74) is 3.22. The molecule has 34 heavy (non-hydrogen) atoms. The van der Waals surface area contributed by atoms with Crippen LogP contribution in [0.3, 0.4) is 0 Å². The van der Waals surface area contributed by atoms with Gasteiger partial charge in [-0.3, -0.25) is 19.2 Å². The van der Waals surface area contributed by atoms with Crippen molar-refractivity contribution in [3.63, 3.8) is 0 Å². The molecule has 3 aromatic carbocycles. The van der Waals surface area contributed by atoms with E-state index < -0.39 is 11.6 Å². The average Bonchev–Trinajstić information content (AvgIpc) is 2.81. The predicted octanol–water partition coefficient (Wildman–Crippen LogP) is 6.03. The molecule has 0 saturated heterocycles. The molecule has 0 saturated carbocycles. The number of carbonyl (C=O) groups is 4. The van der Waals surface area contributed by atoms with E-state index in [1.165, 1.54) is 24.6 Å². The van der Waals surface area contributed by atoms with Crippen LogP contribution in [-0.4, -0.2) is 24.8 Å². The summed E-state index contributed by atoms with van der Waals surface area (Å²) in [7, 11) is 0. The number of amides is 1. The summed E-state index contributed by atoms with van der Waals surface area (Å²) in [6, 6.07) is 17.8. The lowest BCUT2D eigenvalue weighted by Gasteiger charge is -2.18. The van der Waals surface area contributed by atoms with Crippen molar-refractivity contribution in [1.29, 1.82) is 0 Å². The first-order valence-corrected chi connectivity index (χ1v) is 10.3. The largest absolute Gasteiger partial charge is 0.326 e. The lowest BCUT2D eigenvalue weighted by Crippen LogP contribution is -2.10. The fraction of sp³-hybridized carbons (Fsp3) is 0.185. The smallest absolute Gasteiger partial charge is 0.221 e. The summed E-state index contributed by atoms with van der Waals surface area (Å²) in [4.78, 5) is 41.2. The van der Waals surface area contributed by atoms with Crippen LogP contribution in [0.2, 0.25) is 0 Å². The van der Waals surface area contributed by atoms with Crippen molar-refractivity contribution >= 4 is 30.5 Å². The van der Waals surface area contributed by atoms with Crippen molar-refractivity contribution in [1.82, 2.24) is 0 Å². The molecule has 5 nitrogen and oxygen atoms in total. The van der Waals surface area contributed by atoms with Gasteiger partial charge in [0.1, 0.15) is 12.6 Å². The van der Waals surface area contributed by atoms with Gasteiger partial charge in [-0.25, -0.2) is 8.78 Å². The van der Waals surface area contributed by atoms with Crippen LogP contribution >= 0.6 is 0 Å². The summed E-state index contributed by atoms with van der Waals surface area (Å²) in [5, 5.41) is 2.60. The molecule has 7 heteroatoms. The van der Waals surface area contributed by atoms with Crippen molar-refractivity contribution in [2.75, 3.05) is 5.32 Å². The van der Waals surface area contributed by atoms with E-state index in [2.05, 4.69) is 26.1 Å². The Bertz CT molecular complexity index is 1100. The maximum absolute atomic E-state index is 12.4. The number of benzene rings is 3. The minimum absolute atomic E-state index is 0.117. The molecule has 0 unspecified atom stereocenters. The Kier molecular flexibility index (Phi) is 11.2. The molecule has 0 aliphatic carbocycles. The predicted molar refractivity (Wildman–Crippen MR) is 128 cm³/mol. The second kappa shape index (κ2) is 13.5. The van der Waals surface area contributed by atoms with Crippen LogP contribution in [0.4, 0.5) is 14.5 Å². The Morgan fingerprint density at radius 1 is 0.765 bits per heavy atom. The highest BCUT2D eigenvalue weighted by atomic mass is 19.2. The third-order valence-corrected chi connectivity index (χ3v) is 4.39. The topological polar surface area (TPSA) is 80.3 Å². The van der Waals surface area contributed by atoms with Crippen molar-refractivity contribution in [3.05, 3.63) is 101 Å². The fourth-order valence-electron chi connectivity index (χ4n) is 2.52. The molecule has 0 heterocycles. The van der Waals surface area contributed by atoms with Crippen LogP contribution in [0.5, 0.6) is 0 Å². The SMILES string of the molecule is CC(=O)Nc1ccc(C=O)cc1.CC(C)(C)c1ccc(C=O)cc1.O=Cc1cccc(F)c1F. The van der Waals surface area contributed by atoms with Crippen LogP contribution in [0, 0.1) is 11.6 Å². The van der Waals surface area contributed by atoms with Gasteiger partial charge in [-0.05, 0) is 47.4 Å². The van der Waals surface area contributed by atoms with E-state index in [0.717, 1.165) is 24.2 Å². The van der Waals surface area contributed by atoms with Gasteiger partial charge in [0, 0.05) is 23.7 Å². The van der Waals surface area contributed by atoms with Gasteiger partial charge in [-0.1, -0.05) is 51.1 Å². The van der Waals surface area contributed by atoms with Gasteiger partial charge in [0.05, 0.1) is 5.56 Å². The van der Waals surface area contributed by atoms with Crippen LogP contribution in [0.1, 0.15) is 64.3 Å². The second-order valence-corrected chi connectivity index (χ2v) is 8.17. The molecule has 0 aromatic heterocycles. The Morgan fingerprint density at radius 2 is 1.26 bits per heavy atom. The number of hydrogen-bond acceptors (Lipinski definition) is 4. The highest BCUT2D eigenvalue weighted by Crippen LogP contribution is 2.21. The third kappa shape index (κ3) is 9.65. The van der Waals surface area contributed by atoms with Gasteiger partial charge in [-0.2, -0.15) is 0 Å². The Hall–Kier alpha value is -4.00. The Morgan fingerprint density at radius 3 is 1.65 bits per heavy atom. The highest BCUT2D eigenvalue weighted by molar-refractivity contribution is 5.89. The fourth-order valence-corrected chi connectivity index (χ4v) is 2.52. The Balaban J connectivity index is 0.000000256. The number of rotatable bonds is 4. The van der Waals surface area contributed by atoms with E-state index in [-0.39, 0.29) is 23.2 Å². The number of nitrogens with one attached hydrogen (secondary N) is 1. The normalized spacial score (nSPS) is 9.94. The molecular weight excluding hydrogens is 440 g/mol. The van der Waals surface area contributed by atoms with Gasteiger partial charge in [-0.15, -0.1) is 0 Å². The summed E-state index contributed by atoms with van der Waals surface area (Å²) in [6.45, 7) is 7.91. The van der Waals surface area contributed by atoms with E-state index in [9.17, 15) is 28.0 Å². The minimum Gasteiger partial charge on any atom is -0.326 e. The first-order valence-electron chi connectivity index (χ1n) is 10.3. The molecule has 1 N–H and O–H groups in total. The average molecular weight is 468 g/mol. The number of carbonyl (C=O) groups excluding carboxylic acids is 4. The summed E-state index contributed by atoms with van der Waals surface area (Å²) in [5.74, 6) is -2.20. The van der Waals surface area contributed by atoms with E-state index in [4.69, 9.17) is 0 Å². The van der Waals surface area contributed by atoms with Gasteiger partial charge in [0.15, 0.2) is 17.9 Å². The van der Waals surface area contributed by atoms with E-state index in [1.54, 1.807) is 24.3 Å². The second-order valence-electron chi connectivity index (χ2n) is 8.17. The van der Waals surface area contributed by atoms with E-state index in [0.29, 0.717) is 11.3 Å². The molecular formula is C27H27F2NO4. The quantitative estimate of drug-likeness (QED) is 0.475. The van der Waals surface area contributed by atoms with Crippen LogP contribution < -0.4 is 5.32 Å². The van der Waals surface area contributed by atoms with Crippen molar-refractivity contribution in [2.45, 2.75) is 33.1 Å². The zero-order valence-corrected chi connectivity index (χ0v) is 19.5. The summed E-state index contributed by atoms with van der Waals surface area (Å²) < 4.78 is 24.6. The summed E-state index contributed by atoms with van der Waals surface area (Å²) in [6.07, 6.45) is 1.91. The molecule has 0 spiro atoms. The van der Waals surface area contributed by atoms with Gasteiger partial charge >= 0.3 is 0 Å². The van der Waals surface area contributed by atoms with Crippen molar-refractivity contribution in [3.8, 4) is 0 Å². The van der Waals surface area contributed by atoms with Crippen molar-refractivity contribution < 1.29 is 28.0 Å². The number of aldehydes is 3. The monoisotopic (exact) mass is 467 g/mol. The van der Waals surface area contributed by atoms with E-state index in [1.807, 2.05) is 24.3 Å². The Labute approximate surface area is 197 Å². The third-order valence-electron chi connectivity index (χ3n) is 4.39. The minimum atomic E-state index is -1.09. The zero-order chi connectivity index (χ0) is 25.7. The molecule has 1 amide bonds. The van der Waals surface area contributed by atoms with Gasteiger partial charge in [0.2, 0.25) is 5.91 Å². The molecule has 3 rings (SSSR count). The lowest BCUT2D eigenvalue weighted by atomic mass is 9.87. The maximum Gasteiger partial charge on any atom is 0.221 e. The van der Waals surface area contributed by atoms with Gasteiger partial charge in [0.25, 0.3) is 0 Å². The van der Waals surface area contributed by atoms with E-state index >= 15 is 0 Å². The first kappa shape index (κ1) is 28.0. The molecule has 0 aliphatic rings.